The van der Waals surface area contributed by atoms with Gasteiger partial charge in [0.25, 0.3) is 0 Å². The molecule has 0 spiro atoms. The summed E-state index contributed by atoms with van der Waals surface area (Å²) >= 11 is 0. The predicted octanol–water partition coefficient (Wildman–Crippen LogP) is 1.93. The fourth-order valence-electron chi connectivity index (χ4n) is 3.56. The number of hydrogen-bond donors (Lipinski definition) is 1. The van der Waals surface area contributed by atoms with E-state index in [1.54, 1.807) is 0 Å². The van der Waals surface area contributed by atoms with Crippen molar-refractivity contribution in [3.05, 3.63) is 35.4 Å². The van der Waals surface area contributed by atoms with Crippen LogP contribution in [-0.4, -0.2) is 38.0 Å². The highest BCUT2D eigenvalue weighted by Gasteiger charge is 2.26. The van der Waals surface area contributed by atoms with E-state index in [-0.39, 0.29) is 0 Å². The van der Waals surface area contributed by atoms with Gasteiger partial charge in [0.15, 0.2) is 0 Å². The summed E-state index contributed by atoms with van der Waals surface area (Å²) in [5.41, 5.74) is 4.16. The normalized spacial score (nSPS) is 23.1. The maximum absolute atomic E-state index is 4.56. The van der Waals surface area contributed by atoms with E-state index in [1.165, 1.54) is 49.1 Å². The number of hydrogen-bond acceptors (Lipinski definition) is 3. The van der Waals surface area contributed by atoms with E-state index in [2.05, 4.69) is 31.1 Å². The predicted molar refractivity (Wildman–Crippen MR) is 76.4 cm³/mol. The van der Waals surface area contributed by atoms with Crippen LogP contribution in [0.25, 0.3) is 0 Å². The molecule has 1 unspecified atom stereocenters. The van der Waals surface area contributed by atoms with Gasteiger partial charge < -0.3 is 0 Å². The molecule has 0 amide bonds. The molecule has 0 aromatic carbocycles. The molecule has 1 saturated heterocycles. The van der Waals surface area contributed by atoms with Gasteiger partial charge >= 0.3 is 0 Å². The highest BCUT2D eigenvalue weighted by atomic mass is 15.3. The molecule has 0 saturated carbocycles. The van der Waals surface area contributed by atoms with Crippen LogP contribution in [0.2, 0.25) is 0 Å². The van der Waals surface area contributed by atoms with Crippen LogP contribution in [0.1, 0.15) is 42.3 Å². The molecule has 4 rings (SSSR count). The van der Waals surface area contributed by atoms with Crippen molar-refractivity contribution in [2.24, 2.45) is 0 Å². The Morgan fingerprint density at radius 1 is 1.30 bits per heavy atom. The van der Waals surface area contributed by atoms with Gasteiger partial charge in [0.1, 0.15) is 0 Å². The van der Waals surface area contributed by atoms with E-state index < -0.39 is 0 Å². The second-order valence-electron chi connectivity index (χ2n) is 6.00. The van der Waals surface area contributed by atoms with Crippen LogP contribution in [0, 0.1) is 0 Å². The van der Waals surface area contributed by atoms with Crippen LogP contribution in [0.4, 0.5) is 0 Å². The zero-order valence-corrected chi connectivity index (χ0v) is 11.8. The number of H-pyrrole nitrogens is 1. The van der Waals surface area contributed by atoms with Gasteiger partial charge in [0.05, 0.1) is 11.7 Å². The fourth-order valence-corrected chi connectivity index (χ4v) is 3.56. The number of aromatic amines is 1. The van der Waals surface area contributed by atoms with E-state index in [9.17, 15) is 0 Å². The van der Waals surface area contributed by atoms with Gasteiger partial charge in [0.2, 0.25) is 0 Å². The Labute approximate surface area is 119 Å². The number of aromatic nitrogens is 4. The summed E-state index contributed by atoms with van der Waals surface area (Å²) in [7, 11) is 0. The minimum Gasteiger partial charge on any atom is -0.295 e. The average molecular weight is 271 g/mol. The van der Waals surface area contributed by atoms with Crippen molar-refractivity contribution < 1.29 is 0 Å². The number of aryl methyl sites for hydroxylation is 1. The van der Waals surface area contributed by atoms with Crippen LogP contribution in [-0.2, 0) is 19.4 Å². The highest BCUT2D eigenvalue weighted by molar-refractivity contribution is 5.27. The highest BCUT2D eigenvalue weighted by Crippen LogP contribution is 2.26. The standard InChI is InChI=1S/C15H21N5/c1-2-5-14-13(4-1)15(18-17-14)11-19-9-6-12(10-19)20-8-3-7-16-20/h3,7-8,12H,1-2,4-6,9-11H2,(H,17,18). The Kier molecular flexibility index (Phi) is 3.07. The third-order valence-electron chi connectivity index (χ3n) is 4.66. The molecule has 5 heteroatoms. The van der Waals surface area contributed by atoms with Crippen molar-refractivity contribution in [2.45, 2.75) is 44.7 Å². The van der Waals surface area contributed by atoms with Crippen molar-refractivity contribution in [2.75, 3.05) is 13.1 Å². The molecule has 3 heterocycles. The lowest BCUT2D eigenvalue weighted by molar-refractivity contribution is 0.307. The van der Waals surface area contributed by atoms with Gasteiger partial charge in [-0.25, -0.2) is 0 Å². The quantitative estimate of drug-likeness (QED) is 0.928. The van der Waals surface area contributed by atoms with Crippen LogP contribution in [0.5, 0.6) is 0 Å². The Morgan fingerprint density at radius 2 is 2.25 bits per heavy atom. The molecular formula is C15H21N5. The van der Waals surface area contributed by atoms with Gasteiger partial charge in [-0.05, 0) is 43.7 Å². The van der Waals surface area contributed by atoms with Crippen LogP contribution >= 0.6 is 0 Å². The minimum atomic E-state index is 0.528. The first-order valence-corrected chi connectivity index (χ1v) is 7.66. The molecule has 20 heavy (non-hydrogen) atoms. The monoisotopic (exact) mass is 271 g/mol. The number of rotatable bonds is 3. The number of nitrogens with one attached hydrogen (secondary N) is 1. The van der Waals surface area contributed by atoms with Crippen molar-refractivity contribution in [3.8, 4) is 0 Å². The third-order valence-corrected chi connectivity index (χ3v) is 4.66. The summed E-state index contributed by atoms with van der Waals surface area (Å²) < 4.78 is 2.10. The molecule has 1 N–H and O–H groups in total. The first kappa shape index (κ1) is 12.1. The maximum Gasteiger partial charge on any atom is 0.0797 e. The van der Waals surface area contributed by atoms with Gasteiger partial charge in [0, 0.05) is 37.7 Å². The Balaban J connectivity index is 1.44. The first-order chi connectivity index (χ1) is 9.90. The molecule has 1 fully saturated rings. The van der Waals surface area contributed by atoms with Crippen LogP contribution in [0.3, 0.4) is 0 Å². The summed E-state index contributed by atoms with van der Waals surface area (Å²) in [6.45, 7) is 3.22. The second kappa shape index (κ2) is 5.05. The number of nitrogens with zero attached hydrogens (tertiary/aromatic N) is 4. The fraction of sp³-hybridized carbons (Fsp3) is 0.600. The van der Waals surface area contributed by atoms with Crippen LogP contribution < -0.4 is 0 Å². The average Bonchev–Trinajstić information content (AvgIpc) is 3.19. The maximum atomic E-state index is 4.56. The molecule has 1 aliphatic heterocycles. The molecule has 1 aliphatic carbocycles. The Morgan fingerprint density at radius 3 is 3.15 bits per heavy atom. The lowest BCUT2D eigenvalue weighted by Crippen LogP contribution is -2.22. The molecular weight excluding hydrogens is 250 g/mol. The molecule has 0 bridgehead atoms. The number of fused-ring (bicyclic) bond motifs is 1. The summed E-state index contributed by atoms with van der Waals surface area (Å²) in [4.78, 5) is 2.51. The van der Waals surface area contributed by atoms with Gasteiger partial charge in [-0.15, -0.1) is 0 Å². The smallest absolute Gasteiger partial charge is 0.0797 e. The van der Waals surface area contributed by atoms with Gasteiger partial charge in [-0.3, -0.25) is 14.7 Å². The SMILES string of the molecule is c1cnn(C2CCN(Cc3n[nH]c4c3CCCC4)C2)c1. The Hall–Kier alpha value is -1.62. The molecule has 0 radical (unpaired) electrons. The summed E-state index contributed by atoms with van der Waals surface area (Å²) in [5.74, 6) is 0. The topological polar surface area (TPSA) is 49.7 Å². The number of likely N-dealkylation sites (tertiary alicyclic amines) is 1. The van der Waals surface area contributed by atoms with E-state index in [1.807, 2.05) is 12.3 Å². The van der Waals surface area contributed by atoms with Gasteiger partial charge in [-0.1, -0.05) is 0 Å². The minimum absolute atomic E-state index is 0.528. The van der Waals surface area contributed by atoms with Gasteiger partial charge in [-0.2, -0.15) is 10.2 Å². The molecule has 2 aliphatic rings. The Bertz CT molecular complexity index is 571. The molecule has 2 aromatic heterocycles. The van der Waals surface area contributed by atoms with Crippen molar-refractivity contribution in [1.29, 1.82) is 0 Å². The molecule has 106 valence electrons. The molecule has 2 aromatic rings. The van der Waals surface area contributed by atoms with E-state index in [0.29, 0.717) is 6.04 Å². The largest absolute Gasteiger partial charge is 0.295 e. The summed E-state index contributed by atoms with van der Waals surface area (Å²) in [5, 5.41) is 12.2. The first-order valence-electron chi connectivity index (χ1n) is 7.66. The zero-order chi connectivity index (χ0) is 13.4. The van der Waals surface area contributed by atoms with Crippen molar-refractivity contribution in [3.63, 3.8) is 0 Å². The van der Waals surface area contributed by atoms with Crippen molar-refractivity contribution >= 4 is 0 Å². The third kappa shape index (κ3) is 2.16. The molecule has 5 nitrogen and oxygen atoms in total. The molecule has 1 atom stereocenters. The van der Waals surface area contributed by atoms with E-state index in [4.69, 9.17) is 0 Å². The van der Waals surface area contributed by atoms with Crippen LogP contribution in [0.15, 0.2) is 18.5 Å². The summed E-state index contributed by atoms with van der Waals surface area (Å²) in [6, 6.07) is 2.53. The second-order valence-corrected chi connectivity index (χ2v) is 6.00. The lowest BCUT2D eigenvalue weighted by Gasteiger charge is -2.17. The van der Waals surface area contributed by atoms with Crippen molar-refractivity contribution in [1.82, 2.24) is 24.9 Å². The lowest BCUT2D eigenvalue weighted by atomic mass is 9.96. The van der Waals surface area contributed by atoms with E-state index >= 15 is 0 Å². The van der Waals surface area contributed by atoms with E-state index in [0.717, 1.165) is 19.6 Å². The summed E-state index contributed by atoms with van der Waals surface area (Å²) in [6.07, 6.45) is 10.1. The zero-order valence-electron chi connectivity index (χ0n) is 11.8.